The zero-order valence-electron chi connectivity index (χ0n) is 8.18. The van der Waals surface area contributed by atoms with E-state index < -0.39 is 0 Å². The molecule has 0 unspecified atom stereocenters. The van der Waals surface area contributed by atoms with Gasteiger partial charge in [0.05, 0.1) is 12.1 Å². The van der Waals surface area contributed by atoms with Crippen LogP contribution in [0.3, 0.4) is 0 Å². The minimum atomic E-state index is -0.104. The molecule has 1 heterocycles. The summed E-state index contributed by atoms with van der Waals surface area (Å²) >= 11 is 0. The van der Waals surface area contributed by atoms with Crippen LogP contribution in [0.5, 0.6) is 0 Å². The maximum atomic E-state index is 10.8. The number of nitrogens with zero attached hydrogens (tertiary/aromatic N) is 1. The van der Waals surface area contributed by atoms with Gasteiger partial charge in [-0.1, -0.05) is 24.8 Å². The van der Waals surface area contributed by atoms with E-state index in [1.807, 2.05) is 24.3 Å². The summed E-state index contributed by atoms with van der Waals surface area (Å²) in [6, 6.07) is 7.53. The lowest BCUT2D eigenvalue weighted by molar-refractivity contribution is 0.350. The predicted molar refractivity (Wildman–Crippen MR) is 60.2 cm³/mol. The van der Waals surface area contributed by atoms with Crippen LogP contribution in [-0.2, 0) is 4.79 Å². The number of para-hydroxylation sites is 1. The van der Waals surface area contributed by atoms with Gasteiger partial charge in [0.2, 0.25) is 6.41 Å². The van der Waals surface area contributed by atoms with E-state index in [4.69, 9.17) is 5.11 Å². The molecule has 2 aromatic rings. The highest BCUT2D eigenvalue weighted by atomic mass is 16.3. The molecule has 0 atom stereocenters. The first-order valence-electron chi connectivity index (χ1n) is 4.62. The lowest BCUT2D eigenvalue weighted by Gasteiger charge is -1.98. The monoisotopic (exact) mass is 201 g/mol. The van der Waals surface area contributed by atoms with Crippen LogP contribution in [0.25, 0.3) is 16.5 Å². The lowest BCUT2D eigenvalue weighted by Crippen LogP contribution is -1.90. The van der Waals surface area contributed by atoms with Gasteiger partial charge in [-0.2, -0.15) is 0 Å². The number of carbonyl (C=O) groups excluding carboxylic acids is 1. The average Bonchev–Trinajstić information content (AvgIpc) is 2.67. The summed E-state index contributed by atoms with van der Waals surface area (Å²) < 4.78 is 1.49. The van der Waals surface area contributed by atoms with Crippen LogP contribution in [0.15, 0.2) is 37.0 Å². The number of aliphatic hydroxyl groups excluding tert-OH is 1. The Kier molecular flexibility index (Phi) is 2.39. The van der Waals surface area contributed by atoms with Crippen molar-refractivity contribution in [1.29, 1.82) is 0 Å². The fourth-order valence-electron chi connectivity index (χ4n) is 1.66. The third-order valence-corrected chi connectivity index (χ3v) is 2.43. The van der Waals surface area contributed by atoms with E-state index in [9.17, 15) is 4.79 Å². The van der Waals surface area contributed by atoms with E-state index in [1.54, 1.807) is 6.20 Å². The molecular formula is C12H11NO2. The highest BCUT2D eigenvalue weighted by molar-refractivity contribution is 5.95. The Labute approximate surface area is 87.3 Å². The van der Waals surface area contributed by atoms with Gasteiger partial charge < -0.3 is 5.11 Å². The van der Waals surface area contributed by atoms with Crippen molar-refractivity contribution in [2.75, 3.05) is 6.61 Å². The van der Waals surface area contributed by atoms with Crippen LogP contribution >= 0.6 is 0 Å². The second kappa shape index (κ2) is 3.71. The fourth-order valence-corrected chi connectivity index (χ4v) is 1.66. The molecule has 0 spiro atoms. The molecule has 1 aromatic heterocycles. The molecule has 0 aliphatic carbocycles. The molecule has 1 aromatic carbocycles. The van der Waals surface area contributed by atoms with E-state index in [0.717, 1.165) is 22.9 Å². The number of rotatable bonds is 3. The third kappa shape index (κ3) is 1.47. The Morgan fingerprint density at radius 2 is 2.20 bits per heavy atom. The lowest BCUT2D eigenvalue weighted by atomic mass is 10.1. The number of aromatic nitrogens is 1. The maximum Gasteiger partial charge on any atom is 0.218 e. The quantitative estimate of drug-likeness (QED) is 0.768. The third-order valence-electron chi connectivity index (χ3n) is 2.43. The van der Waals surface area contributed by atoms with E-state index in [1.165, 1.54) is 4.57 Å². The summed E-state index contributed by atoms with van der Waals surface area (Å²) in [7, 11) is 0. The molecule has 3 heteroatoms. The molecule has 0 bridgehead atoms. The molecule has 3 nitrogen and oxygen atoms in total. The molecule has 76 valence electrons. The number of hydrogen-bond acceptors (Lipinski definition) is 2. The van der Waals surface area contributed by atoms with Crippen molar-refractivity contribution in [3.63, 3.8) is 0 Å². The molecule has 0 aliphatic rings. The van der Waals surface area contributed by atoms with Crippen molar-refractivity contribution >= 4 is 22.9 Å². The molecule has 0 radical (unpaired) electrons. The summed E-state index contributed by atoms with van der Waals surface area (Å²) in [6.07, 6.45) is 2.44. The molecule has 0 aliphatic heterocycles. The smallest absolute Gasteiger partial charge is 0.218 e. The molecule has 0 fully saturated rings. The Morgan fingerprint density at radius 1 is 1.47 bits per heavy atom. The number of hydrogen-bond donors (Lipinski definition) is 1. The van der Waals surface area contributed by atoms with Crippen molar-refractivity contribution in [3.05, 3.63) is 42.6 Å². The number of aliphatic hydroxyl groups is 1. The number of fused-ring (bicyclic) bond motifs is 1. The van der Waals surface area contributed by atoms with Crippen LogP contribution in [-0.4, -0.2) is 22.7 Å². The molecule has 0 saturated carbocycles. The van der Waals surface area contributed by atoms with E-state index in [2.05, 4.69) is 6.58 Å². The van der Waals surface area contributed by atoms with Gasteiger partial charge in [-0.3, -0.25) is 9.36 Å². The Bertz CT molecular complexity index is 525. The second-order valence-corrected chi connectivity index (χ2v) is 3.33. The zero-order valence-corrected chi connectivity index (χ0v) is 8.18. The van der Waals surface area contributed by atoms with Gasteiger partial charge >= 0.3 is 0 Å². The van der Waals surface area contributed by atoms with E-state index >= 15 is 0 Å². The zero-order chi connectivity index (χ0) is 10.8. The molecule has 1 N–H and O–H groups in total. The van der Waals surface area contributed by atoms with Gasteiger partial charge in [0, 0.05) is 17.1 Å². The van der Waals surface area contributed by atoms with Crippen molar-refractivity contribution in [2.45, 2.75) is 0 Å². The second-order valence-electron chi connectivity index (χ2n) is 3.33. The average molecular weight is 201 g/mol. The maximum absolute atomic E-state index is 10.8. The minimum absolute atomic E-state index is 0.104. The van der Waals surface area contributed by atoms with E-state index in [0.29, 0.717) is 5.57 Å². The number of benzene rings is 1. The molecule has 2 rings (SSSR count). The highest BCUT2D eigenvalue weighted by Gasteiger charge is 2.08. The molecular weight excluding hydrogens is 190 g/mol. The summed E-state index contributed by atoms with van der Waals surface area (Å²) in [5.41, 5.74) is 2.27. The van der Waals surface area contributed by atoms with Gasteiger partial charge in [-0.05, 0) is 11.6 Å². The minimum Gasteiger partial charge on any atom is -0.392 e. The normalized spacial score (nSPS) is 10.5. The van der Waals surface area contributed by atoms with E-state index in [-0.39, 0.29) is 6.61 Å². The predicted octanol–water partition coefficient (Wildman–Crippen LogP) is 1.69. The van der Waals surface area contributed by atoms with Crippen LogP contribution in [0.4, 0.5) is 0 Å². The van der Waals surface area contributed by atoms with Gasteiger partial charge in [0.1, 0.15) is 0 Å². The molecule has 0 saturated heterocycles. The van der Waals surface area contributed by atoms with Gasteiger partial charge in [-0.15, -0.1) is 0 Å². The summed E-state index contributed by atoms with van der Waals surface area (Å²) in [5, 5.41) is 9.97. The fraction of sp³-hybridized carbons (Fsp3) is 0.0833. The van der Waals surface area contributed by atoms with Crippen molar-refractivity contribution in [2.24, 2.45) is 0 Å². The Hall–Kier alpha value is -1.87. The Balaban J connectivity index is 2.75. The summed E-state index contributed by atoms with van der Waals surface area (Å²) in [6.45, 7) is 3.66. The van der Waals surface area contributed by atoms with Crippen molar-refractivity contribution < 1.29 is 9.90 Å². The summed E-state index contributed by atoms with van der Waals surface area (Å²) in [4.78, 5) is 10.8. The standard InChI is InChI=1S/C12H11NO2/c1-9(7-14)11-6-13(8-15)12-5-3-2-4-10(11)12/h2-6,8,14H,1,7H2. The first-order chi connectivity index (χ1) is 7.27. The van der Waals surface area contributed by atoms with Gasteiger partial charge in [0.25, 0.3) is 0 Å². The van der Waals surface area contributed by atoms with Crippen LogP contribution in [0.2, 0.25) is 0 Å². The Morgan fingerprint density at radius 3 is 2.87 bits per heavy atom. The first kappa shape index (κ1) is 9.68. The largest absolute Gasteiger partial charge is 0.392 e. The molecule has 15 heavy (non-hydrogen) atoms. The van der Waals surface area contributed by atoms with Gasteiger partial charge in [-0.25, -0.2) is 0 Å². The number of carbonyl (C=O) groups is 1. The topological polar surface area (TPSA) is 42.2 Å². The van der Waals surface area contributed by atoms with Crippen LogP contribution < -0.4 is 0 Å². The van der Waals surface area contributed by atoms with Crippen LogP contribution in [0.1, 0.15) is 5.56 Å². The van der Waals surface area contributed by atoms with Crippen molar-refractivity contribution in [3.8, 4) is 0 Å². The van der Waals surface area contributed by atoms with Gasteiger partial charge in [0.15, 0.2) is 0 Å². The SMILES string of the molecule is C=C(CO)c1cn(C=O)c2ccccc12. The first-order valence-corrected chi connectivity index (χ1v) is 4.62. The van der Waals surface area contributed by atoms with Crippen molar-refractivity contribution in [1.82, 2.24) is 4.57 Å². The summed E-state index contributed by atoms with van der Waals surface area (Å²) in [5.74, 6) is 0. The highest BCUT2D eigenvalue weighted by Crippen LogP contribution is 2.25. The van der Waals surface area contributed by atoms with Crippen LogP contribution in [0, 0.1) is 0 Å². The molecule has 0 amide bonds.